The molecule has 0 aliphatic heterocycles. The number of hydrogen-bond donors (Lipinski definition) is 1. The Hall–Kier alpha value is -1.84. The molecule has 0 saturated heterocycles. The molecule has 0 fully saturated rings. The van der Waals surface area contributed by atoms with Gasteiger partial charge >= 0.3 is 11.9 Å². The molecular weight excluding hydrogens is 232 g/mol. The van der Waals surface area contributed by atoms with Gasteiger partial charge in [-0.3, -0.25) is 0 Å². The number of esters is 1. The van der Waals surface area contributed by atoms with E-state index < -0.39 is 5.97 Å². The zero-order valence-electron chi connectivity index (χ0n) is 10.9. The molecule has 98 valence electrons. The van der Waals surface area contributed by atoms with Crippen LogP contribution in [-0.2, 0) is 14.3 Å². The number of carbonyl (C=O) groups is 2. The molecule has 1 atom stereocenters. The van der Waals surface area contributed by atoms with Crippen molar-refractivity contribution >= 4 is 11.9 Å². The number of carbonyl (C=O) groups excluding carboxylic acids is 1. The number of ether oxygens (including phenoxy) is 1. The minimum atomic E-state index is -0.885. The molecule has 0 spiro atoms. The molecule has 0 aromatic carbocycles. The quantitative estimate of drug-likeness (QED) is 0.615. The third-order valence-electron chi connectivity index (χ3n) is 2.87. The van der Waals surface area contributed by atoms with Crippen molar-refractivity contribution in [3.63, 3.8) is 0 Å². The Kier molecular flexibility index (Phi) is 4.89. The van der Waals surface area contributed by atoms with Crippen LogP contribution in [0, 0.1) is 5.92 Å². The Bertz CT molecular complexity index is 441. The lowest BCUT2D eigenvalue weighted by atomic mass is 9.85. The Labute approximate surface area is 107 Å². The van der Waals surface area contributed by atoms with Crippen LogP contribution < -0.4 is 0 Å². The van der Waals surface area contributed by atoms with Gasteiger partial charge in [0.1, 0.15) is 0 Å². The number of rotatable bonds is 4. The fourth-order valence-electron chi connectivity index (χ4n) is 1.99. The van der Waals surface area contributed by atoms with Crippen LogP contribution in [0.1, 0.15) is 27.2 Å². The van der Waals surface area contributed by atoms with Crippen molar-refractivity contribution in [3.05, 3.63) is 34.9 Å². The summed E-state index contributed by atoms with van der Waals surface area (Å²) in [7, 11) is 0. The molecular formula is C14H18O4. The van der Waals surface area contributed by atoms with E-state index >= 15 is 0 Å². The Balaban J connectivity index is 2.89. The second kappa shape index (κ2) is 6.19. The van der Waals surface area contributed by atoms with Crippen molar-refractivity contribution in [2.75, 3.05) is 6.61 Å². The van der Waals surface area contributed by atoms with Gasteiger partial charge in [-0.2, -0.15) is 0 Å². The summed E-state index contributed by atoms with van der Waals surface area (Å²) >= 11 is 0. The Morgan fingerprint density at radius 1 is 1.50 bits per heavy atom. The van der Waals surface area contributed by atoms with E-state index in [-0.39, 0.29) is 11.9 Å². The maximum Gasteiger partial charge on any atom is 0.331 e. The van der Waals surface area contributed by atoms with E-state index in [4.69, 9.17) is 9.84 Å². The molecule has 0 aromatic heterocycles. The van der Waals surface area contributed by atoms with E-state index in [0.717, 1.165) is 11.1 Å². The van der Waals surface area contributed by atoms with Gasteiger partial charge in [0.05, 0.1) is 6.61 Å². The number of allylic oxidation sites excluding steroid dienone is 4. The summed E-state index contributed by atoms with van der Waals surface area (Å²) in [6, 6.07) is 0. The van der Waals surface area contributed by atoms with Crippen molar-refractivity contribution < 1.29 is 19.4 Å². The fourth-order valence-corrected chi connectivity index (χ4v) is 1.99. The first-order valence-electron chi connectivity index (χ1n) is 5.95. The van der Waals surface area contributed by atoms with Gasteiger partial charge in [0.15, 0.2) is 0 Å². The molecule has 4 nitrogen and oxygen atoms in total. The van der Waals surface area contributed by atoms with Crippen molar-refractivity contribution in [2.45, 2.75) is 27.2 Å². The van der Waals surface area contributed by atoms with E-state index in [9.17, 15) is 9.59 Å². The fraction of sp³-hybridized carbons (Fsp3) is 0.429. The van der Waals surface area contributed by atoms with Crippen molar-refractivity contribution in [1.29, 1.82) is 0 Å². The van der Waals surface area contributed by atoms with Crippen LogP contribution in [-0.4, -0.2) is 23.7 Å². The second-order valence-corrected chi connectivity index (χ2v) is 4.30. The molecule has 0 radical (unpaired) electrons. The summed E-state index contributed by atoms with van der Waals surface area (Å²) in [5.74, 6) is -1.16. The van der Waals surface area contributed by atoms with E-state index in [0.29, 0.717) is 18.6 Å². The minimum Gasteiger partial charge on any atom is -0.478 e. The first kappa shape index (κ1) is 14.2. The zero-order chi connectivity index (χ0) is 13.7. The average Bonchev–Trinajstić information content (AvgIpc) is 2.28. The molecule has 1 N–H and O–H groups in total. The molecule has 18 heavy (non-hydrogen) atoms. The monoisotopic (exact) mass is 250 g/mol. The number of hydrogen-bond acceptors (Lipinski definition) is 3. The maximum absolute atomic E-state index is 11.3. The number of carboxylic acids is 1. The number of carboxylic acid groups (broad SMARTS) is 1. The lowest BCUT2D eigenvalue weighted by Crippen LogP contribution is -2.12. The SMILES string of the molecule is CCOC(=O)/C=C(\C)C1=CC=C(C(=O)O)CC1C. The zero-order valence-corrected chi connectivity index (χ0v) is 10.9. The summed E-state index contributed by atoms with van der Waals surface area (Å²) < 4.78 is 4.85. The van der Waals surface area contributed by atoms with Gasteiger partial charge in [0.2, 0.25) is 0 Å². The van der Waals surface area contributed by atoms with E-state index in [2.05, 4.69) is 0 Å². The molecule has 1 aliphatic carbocycles. The molecule has 1 unspecified atom stereocenters. The highest BCUT2D eigenvalue weighted by atomic mass is 16.5. The molecule has 0 aromatic rings. The third-order valence-corrected chi connectivity index (χ3v) is 2.87. The average molecular weight is 250 g/mol. The predicted molar refractivity (Wildman–Crippen MR) is 68.0 cm³/mol. The van der Waals surface area contributed by atoms with Gasteiger partial charge in [-0.15, -0.1) is 0 Å². The minimum absolute atomic E-state index is 0.0896. The Morgan fingerprint density at radius 2 is 2.17 bits per heavy atom. The summed E-state index contributed by atoms with van der Waals surface area (Å²) in [4.78, 5) is 22.2. The van der Waals surface area contributed by atoms with Crippen molar-refractivity contribution in [3.8, 4) is 0 Å². The van der Waals surface area contributed by atoms with Crippen LogP contribution in [0.5, 0.6) is 0 Å². The first-order valence-corrected chi connectivity index (χ1v) is 5.95. The molecule has 0 heterocycles. The van der Waals surface area contributed by atoms with Gasteiger partial charge in [-0.05, 0) is 37.3 Å². The first-order chi connectivity index (χ1) is 8.45. The molecule has 1 rings (SSSR count). The number of aliphatic carboxylic acids is 1. The van der Waals surface area contributed by atoms with Gasteiger partial charge in [-0.1, -0.05) is 19.1 Å². The van der Waals surface area contributed by atoms with E-state index in [1.165, 1.54) is 6.08 Å². The summed E-state index contributed by atoms with van der Waals surface area (Å²) in [5, 5.41) is 8.91. The molecule has 0 saturated carbocycles. The summed E-state index contributed by atoms with van der Waals surface area (Å²) in [6.45, 7) is 5.88. The normalized spacial score (nSPS) is 19.9. The van der Waals surface area contributed by atoms with Crippen LogP contribution in [0.3, 0.4) is 0 Å². The second-order valence-electron chi connectivity index (χ2n) is 4.30. The van der Waals surface area contributed by atoms with Crippen LogP contribution in [0.25, 0.3) is 0 Å². The predicted octanol–water partition coefficient (Wildman–Crippen LogP) is 2.47. The summed E-state index contributed by atoms with van der Waals surface area (Å²) in [5.41, 5.74) is 2.20. The van der Waals surface area contributed by atoms with E-state index in [1.54, 1.807) is 19.1 Å². The lowest BCUT2D eigenvalue weighted by molar-refractivity contribution is -0.137. The smallest absolute Gasteiger partial charge is 0.331 e. The highest BCUT2D eigenvalue weighted by Gasteiger charge is 2.20. The van der Waals surface area contributed by atoms with Crippen LogP contribution >= 0.6 is 0 Å². The highest BCUT2D eigenvalue weighted by molar-refractivity contribution is 5.88. The van der Waals surface area contributed by atoms with Crippen molar-refractivity contribution in [2.24, 2.45) is 5.92 Å². The van der Waals surface area contributed by atoms with Gasteiger partial charge in [0, 0.05) is 11.6 Å². The standard InChI is InChI=1S/C14H18O4/c1-4-18-13(15)8-10(3)12-6-5-11(14(16)17)7-9(12)2/h5-6,8-9H,4,7H2,1-3H3,(H,16,17)/b10-8+. The lowest BCUT2D eigenvalue weighted by Gasteiger charge is -2.20. The van der Waals surface area contributed by atoms with Crippen LogP contribution in [0.2, 0.25) is 0 Å². The highest BCUT2D eigenvalue weighted by Crippen LogP contribution is 2.29. The molecule has 4 heteroatoms. The molecule has 0 bridgehead atoms. The largest absolute Gasteiger partial charge is 0.478 e. The van der Waals surface area contributed by atoms with Gasteiger partial charge in [0.25, 0.3) is 0 Å². The van der Waals surface area contributed by atoms with Crippen molar-refractivity contribution in [1.82, 2.24) is 0 Å². The maximum atomic E-state index is 11.3. The van der Waals surface area contributed by atoms with Gasteiger partial charge in [-0.25, -0.2) is 9.59 Å². The molecule has 0 amide bonds. The van der Waals surface area contributed by atoms with Crippen LogP contribution in [0.4, 0.5) is 0 Å². The van der Waals surface area contributed by atoms with Gasteiger partial charge < -0.3 is 9.84 Å². The molecule has 1 aliphatic rings. The topological polar surface area (TPSA) is 63.6 Å². The van der Waals surface area contributed by atoms with Crippen LogP contribution in [0.15, 0.2) is 34.9 Å². The third kappa shape index (κ3) is 3.58. The van der Waals surface area contributed by atoms with E-state index in [1.807, 2.05) is 13.8 Å². The summed E-state index contributed by atoms with van der Waals surface area (Å²) in [6.07, 6.45) is 5.30. The Morgan fingerprint density at radius 3 is 2.67 bits per heavy atom.